The summed E-state index contributed by atoms with van der Waals surface area (Å²) in [6, 6.07) is 9.73. The minimum absolute atomic E-state index is 0.598. The highest BCUT2D eigenvalue weighted by molar-refractivity contribution is 5.26. The Kier molecular flexibility index (Phi) is 4.00. The quantitative estimate of drug-likeness (QED) is 0.814. The van der Waals surface area contributed by atoms with Crippen molar-refractivity contribution in [1.29, 1.82) is 0 Å². The van der Waals surface area contributed by atoms with Crippen LogP contribution in [0.15, 0.2) is 24.3 Å². The molecular formula is C15H23N. The fourth-order valence-corrected chi connectivity index (χ4v) is 2.54. The molecule has 1 N–H and O–H groups in total. The number of nitrogens with one attached hydrogen (secondary N) is 1. The molecule has 0 saturated carbocycles. The molecule has 0 bridgehead atoms. The summed E-state index contributed by atoms with van der Waals surface area (Å²) in [4.78, 5) is 0. The summed E-state index contributed by atoms with van der Waals surface area (Å²) >= 11 is 0. The maximum absolute atomic E-state index is 3.62. The molecule has 1 aliphatic heterocycles. The zero-order valence-corrected chi connectivity index (χ0v) is 10.5. The van der Waals surface area contributed by atoms with Crippen molar-refractivity contribution in [3.63, 3.8) is 0 Å². The van der Waals surface area contributed by atoms with E-state index in [0.29, 0.717) is 6.04 Å². The molecule has 1 atom stereocenters. The number of rotatable bonds is 3. The van der Waals surface area contributed by atoms with Crippen LogP contribution in [-0.4, -0.2) is 6.54 Å². The van der Waals surface area contributed by atoms with Gasteiger partial charge in [-0.3, -0.25) is 0 Å². The Labute approximate surface area is 99.3 Å². The van der Waals surface area contributed by atoms with E-state index >= 15 is 0 Å². The highest BCUT2D eigenvalue weighted by Crippen LogP contribution is 2.24. The molecule has 88 valence electrons. The van der Waals surface area contributed by atoms with Gasteiger partial charge in [0, 0.05) is 6.04 Å². The van der Waals surface area contributed by atoms with E-state index in [4.69, 9.17) is 0 Å². The van der Waals surface area contributed by atoms with Crippen LogP contribution in [0.1, 0.15) is 50.3 Å². The Balaban J connectivity index is 2.08. The molecule has 1 unspecified atom stereocenters. The van der Waals surface area contributed by atoms with Crippen LogP contribution in [0.4, 0.5) is 0 Å². The molecule has 2 rings (SSSR count). The third kappa shape index (κ3) is 3.08. The summed E-state index contributed by atoms with van der Waals surface area (Å²) in [6.07, 6.45) is 5.19. The first-order chi connectivity index (χ1) is 7.75. The van der Waals surface area contributed by atoms with Crippen molar-refractivity contribution >= 4 is 0 Å². The molecule has 0 spiro atoms. The van der Waals surface area contributed by atoms with Gasteiger partial charge >= 0.3 is 0 Å². The lowest BCUT2D eigenvalue weighted by Gasteiger charge is -2.24. The van der Waals surface area contributed by atoms with E-state index in [0.717, 1.165) is 5.92 Å². The SMILES string of the molecule is CC(C)Cc1cccc(C2CCCCN2)c1. The van der Waals surface area contributed by atoms with Crippen molar-refractivity contribution in [3.05, 3.63) is 35.4 Å². The second-order valence-electron chi connectivity index (χ2n) is 5.35. The number of hydrogen-bond donors (Lipinski definition) is 1. The lowest BCUT2D eigenvalue weighted by atomic mass is 9.94. The van der Waals surface area contributed by atoms with E-state index in [2.05, 4.69) is 43.4 Å². The topological polar surface area (TPSA) is 12.0 Å². The zero-order valence-electron chi connectivity index (χ0n) is 10.5. The molecule has 0 amide bonds. The van der Waals surface area contributed by atoms with Gasteiger partial charge in [-0.05, 0) is 42.9 Å². The number of hydrogen-bond acceptors (Lipinski definition) is 1. The minimum Gasteiger partial charge on any atom is -0.310 e. The zero-order chi connectivity index (χ0) is 11.4. The molecular weight excluding hydrogens is 194 g/mol. The van der Waals surface area contributed by atoms with Crippen molar-refractivity contribution in [2.45, 2.75) is 45.6 Å². The maximum Gasteiger partial charge on any atom is 0.0320 e. The first-order valence-corrected chi connectivity index (χ1v) is 6.58. The van der Waals surface area contributed by atoms with Crippen LogP contribution in [0, 0.1) is 5.92 Å². The van der Waals surface area contributed by atoms with Gasteiger partial charge in [0.15, 0.2) is 0 Å². The van der Waals surface area contributed by atoms with Crippen LogP contribution in [0.5, 0.6) is 0 Å². The third-order valence-electron chi connectivity index (χ3n) is 3.31. The maximum atomic E-state index is 3.62. The van der Waals surface area contributed by atoms with Crippen LogP contribution in [-0.2, 0) is 6.42 Å². The molecule has 1 aromatic carbocycles. The second kappa shape index (κ2) is 5.49. The monoisotopic (exact) mass is 217 g/mol. The van der Waals surface area contributed by atoms with E-state index in [-0.39, 0.29) is 0 Å². The van der Waals surface area contributed by atoms with Crippen molar-refractivity contribution in [3.8, 4) is 0 Å². The largest absolute Gasteiger partial charge is 0.310 e. The van der Waals surface area contributed by atoms with Crippen LogP contribution >= 0.6 is 0 Å². The van der Waals surface area contributed by atoms with Crippen LogP contribution in [0.25, 0.3) is 0 Å². The standard InChI is InChI=1S/C15H23N/c1-12(2)10-13-6-5-7-14(11-13)15-8-3-4-9-16-15/h5-7,11-12,15-16H,3-4,8-10H2,1-2H3. The van der Waals surface area contributed by atoms with Gasteiger partial charge in [-0.15, -0.1) is 0 Å². The molecule has 1 aliphatic rings. The van der Waals surface area contributed by atoms with Gasteiger partial charge in [-0.1, -0.05) is 44.5 Å². The molecule has 1 fully saturated rings. The summed E-state index contributed by atoms with van der Waals surface area (Å²) in [5.41, 5.74) is 2.97. The molecule has 0 radical (unpaired) electrons. The van der Waals surface area contributed by atoms with E-state index in [1.54, 1.807) is 0 Å². The van der Waals surface area contributed by atoms with Crippen molar-refractivity contribution in [2.24, 2.45) is 5.92 Å². The first kappa shape index (κ1) is 11.7. The normalized spacial score (nSPS) is 21.3. The van der Waals surface area contributed by atoms with Crippen LogP contribution < -0.4 is 5.32 Å². The summed E-state index contributed by atoms with van der Waals surface area (Å²) in [6.45, 7) is 5.75. The Morgan fingerprint density at radius 3 is 2.88 bits per heavy atom. The van der Waals surface area contributed by atoms with Crippen molar-refractivity contribution < 1.29 is 0 Å². The molecule has 16 heavy (non-hydrogen) atoms. The van der Waals surface area contributed by atoms with Gasteiger partial charge in [-0.25, -0.2) is 0 Å². The fraction of sp³-hybridized carbons (Fsp3) is 0.600. The highest BCUT2D eigenvalue weighted by Gasteiger charge is 2.14. The predicted octanol–water partition coefficient (Wildman–Crippen LogP) is 3.70. The second-order valence-corrected chi connectivity index (χ2v) is 5.35. The molecule has 1 saturated heterocycles. The predicted molar refractivity (Wildman–Crippen MR) is 69.6 cm³/mol. The van der Waals surface area contributed by atoms with Crippen LogP contribution in [0.3, 0.4) is 0 Å². The minimum atomic E-state index is 0.598. The number of benzene rings is 1. The van der Waals surface area contributed by atoms with E-state index in [9.17, 15) is 0 Å². The Morgan fingerprint density at radius 2 is 2.19 bits per heavy atom. The van der Waals surface area contributed by atoms with Gasteiger partial charge in [0.1, 0.15) is 0 Å². The molecule has 1 heteroatoms. The molecule has 1 aromatic rings. The Morgan fingerprint density at radius 1 is 1.31 bits per heavy atom. The molecule has 0 aromatic heterocycles. The van der Waals surface area contributed by atoms with Gasteiger partial charge in [0.2, 0.25) is 0 Å². The van der Waals surface area contributed by atoms with Crippen molar-refractivity contribution in [1.82, 2.24) is 5.32 Å². The lowest BCUT2D eigenvalue weighted by Crippen LogP contribution is -2.26. The van der Waals surface area contributed by atoms with Gasteiger partial charge < -0.3 is 5.32 Å². The van der Waals surface area contributed by atoms with Gasteiger partial charge in [-0.2, -0.15) is 0 Å². The van der Waals surface area contributed by atoms with E-state index in [1.165, 1.54) is 43.4 Å². The summed E-state index contributed by atoms with van der Waals surface area (Å²) < 4.78 is 0. The summed E-state index contributed by atoms with van der Waals surface area (Å²) in [7, 11) is 0. The Bertz CT molecular complexity index is 324. The fourth-order valence-electron chi connectivity index (χ4n) is 2.54. The summed E-state index contributed by atoms with van der Waals surface area (Å²) in [5, 5.41) is 3.62. The van der Waals surface area contributed by atoms with Gasteiger partial charge in [0.05, 0.1) is 0 Å². The van der Waals surface area contributed by atoms with Gasteiger partial charge in [0.25, 0.3) is 0 Å². The lowest BCUT2D eigenvalue weighted by molar-refractivity contribution is 0.412. The van der Waals surface area contributed by atoms with E-state index in [1.807, 2.05) is 0 Å². The van der Waals surface area contributed by atoms with E-state index < -0.39 is 0 Å². The third-order valence-corrected chi connectivity index (χ3v) is 3.31. The summed E-state index contributed by atoms with van der Waals surface area (Å²) in [5.74, 6) is 0.745. The first-order valence-electron chi connectivity index (χ1n) is 6.58. The average molecular weight is 217 g/mol. The number of piperidine rings is 1. The molecule has 1 heterocycles. The molecule has 1 nitrogen and oxygen atoms in total. The average Bonchev–Trinajstić information content (AvgIpc) is 2.30. The smallest absolute Gasteiger partial charge is 0.0320 e. The Hall–Kier alpha value is -0.820. The highest BCUT2D eigenvalue weighted by atomic mass is 14.9. The van der Waals surface area contributed by atoms with Crippen LogP contribution in [0.2, 0.25) is 0 Å². The molecule has 0 aliphatic carbocycles. The van der Waals surface area contributed by atoms with Crippen molar-refractivity contribution in [2.75, 3.05) is 6.54 Å².